The molecule has 1 heterocycles. The van der Waals surface area contributed by atoms with Crippen molar-refractivity contribution in [1.29, 1.82) is 0 Å². The lowest BCUT2D eigenvalue weighted by Gasteiger charge is -2.14. The molecule has 1 aromatic heterocycles. The van der Waals surface area contributed by atoms with Gasteiger partial charge in [0.05, 0.1) is 12.0 Å². The molecule has 0 bridgehead atoms. The predicted octanol–water partition coefficient (Wildman–Crippen LogP) is 2.32. The van der Waals surface area contributed by atoms with E-state index in [1.807, 2.05) is 24.3 Å². The number of para-hydroxylation sites is 1. The molecule has 0 aliphatic carbocycles. The second kappa shape index (κ2) is 4.61. The minimum Gasteiger partial charge on any atom is -0.464 e. The first-order chi connectivity index (χ1) is 7.72. The first-order valence-electron chi connectivity index (χ1n) is 5.02. The van der Waals surface area contributed by atoms with Gasteiger partial charge < -0.3 is 9.32 Å². The lowest BCUT2D eigenvalue weighted by molar-refractivity contribution is -0.127. The van der Waals surface area contributed by atoms with Gasteiger partial charge in [-0.05, 0) is 6.07 Å². The molecule has 0 unspecified atom stereocenters. The van der Waals surface area contributed by atoms with Crippen LogP contribution in [0.1, 0.15) is 5.56 Å². The molecule has 2 rings (SSSR count). The Morgan fingerprint density at radius 1 is 1.44 bits per heavy atom. The molecule has 0 aliphatic heterocycles. The van der Waals surface area contributed by atoms with Gasteiger partial charge in [0.1, 0.15) is 5.58 Å². The fraction of sp³-hybridized carbons (Fsp3) is 0.250. The molecule has 0 N–H and O–H groups in total. The highest BCUT2D eigenvalue weighted by atomic mass is 32.1. The Morgan fingerprint density at radius 2 is 2.19 bits per heavy atom. The van der Waals surface area contributed by atoms with Crippen LogP contribution >= 0.6 is 12.6 Å². The molecule has 3 nitrogen and oxygen atoms in total. The number of fused-ring (bicyclic) bond motifs is 1. The van der Waals surface area contributed by atoms with Gasteiger partial charge in [0.15, 0.2) is 0 Å². The highest BCUT2D eigenvalue weighted by Gasteiger charge is 2.11. The van der Waals surface area contributed by atoms with Crippen molar-refractivity contribution < 1.29 is 9.21 Å². The average molecular weight is 235 g/mol. The molecule has 16 heavy (non-hydrogen) atoms. The molecule has 1 amide bonds. The van der Waals surface area contributed by atoms with Crippen molar-refractivity contribution >= 4 is 29.5 Å². The number of hydrogen-bond acceptors (Lipinski definition) is 3. The van der Waals surface area contributed by atoms with Crippen molar-refractivity contribution in [3.63, 3.8) is 0 Å². The van der Waals surface area contributed by atoms with E-state index in [1.165, 1.54) is 0 Å². The average Bonchev–Trinajstić information content (AvgIpc) is 2.72. The number of rotatable bonds is 3. The number of carbonyl (C=O) groups is 1. The van der Waals surface area contributed by atoms with Crippen molar-refractivity contribution in [2.45, 2.75) is 6.54 Å². The van der Waals surface area contributed by atoms with E-state index < -0.39 is 0 Å². The molecule has 4 heteroatoms. The molecular formula is C12H13NO2S. The SMILES string of the molecule is CN(Cc1coc2ccccc12)C(=O)CS. The van der Waals surface area contributed by atoms with Gasteiger partial charge >= 0.3 is 0 Å². The maximum Gasteiger partial charge on any atom is 0.232 e. The highest BCUT2D eigenvalue weighted by molar-refractivity contribution is 7.81. The van der Waals surface area contributed by atoms with Crippen LogP contribution in [0.25, 0.3) is 11.0 Å². The largest absolute Gasteiger partial charge is 0.464 e. The van der Waals surface area contributed by atoms with Crippen LogP contribution in [-0.4, -0.2) is 23.6 Å². The predicted molar refractivity (Wildman–Crippen MR) is 66.5 cm³/mol. The first kappa shape index (κ1) is 11.1. The van der Waals surface area contributed by atoms with E-state index in [9.17, 15) is 4.79 Å². The van der Waals surface area contributed by atoms with Crippen molar-refractivity contribution in [3.05, 3.63) is 36.1 Å². The third-order valence-electron chi connectivity index (χ3n) is 2.53. The van der Waals surface area contributed by atoms with Gasteiger partial charge in [-0.1, -0.05) is 18.2 Å². The van der Waals surface area contributed by atoms with Crippen LogP contribution in [-0.2, 0) is 11.3 Å². The fourth-order valence-corrected chi connectivity index (χ4v) is 1.86. The summed E-state index contributed by atoms with van der Waals surface area (Å²) in [5.74, 6) is 0.236. The summed E-state index contributed by atoms with van der Waals surface area (Å²) in [7, 11) is 1.76. The summed E-state index contributed by atoms with van der Waals surface area (Å²) in [5, 5.41) is 1.06. The maximum absolute atomic E-state index is 11.4. The number of furan rings is 1. The Balaban J connectivity index is 2.24. The van der Waals surface area contributed by atoms with Crippen molar-refractivity contribution in [2.24, 2.45) is 0 Å². The number of carbonyl (C=O) groups excluding carboxylic acids is 1. The Morgan fingerprint density at radius 3 is 2.94 bits per heavy atom. The lowest BCUT2D eigenvalue weighted by atomic mass is 10.2. The van der Waals surface area contributed by atoms with Gasteiger partial charge in [0, 0.05) is 24.5 Å². The van der Waals surface area contributed by atoms with Crippen LogP contribution in [0, 0.1) is 0 Å². The summed E-state index contributed by atoms with van der Waals surface area (Å²) < 4.78 is 5.41. The van der Waals surface area contributed by atoms with Gasteiger partial charge in [0.2, 0.25) is 5.91 Å². The fourth-order valence-electron chi connectivity index (χ4n) is 1.62. The van der Waals surface area contributed by atoms with Gasteiger partial charge in [-0.15, -0.1) is 0 Å². The summed E-state index contributed by atoms with van der Waals surface area (Å²) >= 11 is 3.97. The summed E-state index contributed by atoms with van der Waals surface area (Å²) in [6.07, 6.45) is 1.70. The number of nitrogens with zero attached hydrogens (tertiary/aromatic N) is 1. The Kier molecular flexibility index (Phi) is 3.19. The van der Waals surface area contributed by atoms with E-state index in [4.69, 9.17) is 4.42 Å². The van der Waals surface area contributed by atoms with Gasteiger partial charge in [-0.2, -0.15) is 12.6 Å². The van der Waals surface area contributed by atoms with Crippen molar-refractivity contribution in [3.8, 4) is 0 Å². The summed E-state index contributed by atoms with van der Waals surface area (Å²) in [6, 6.07) is 7.80. The molecular weight excluding hydrogens is 222 g/mol. The smallest absolute Gasteiger partial charge is 0.232 e. The van der Waals surface area contributed by atoms with E-state index in [2.05, 4.69) is 12.6 Å². The zero-order valence-corrected chi connectivity index (χ0v) is 9.91. The van der Waals surface area contributed by atoms with E-state index in [0.717, 1.165) is 16.5 Å². The Hall–Kier alpha value is -1.42. The Labute approximate surface area is 99.4 Å². The molecule has 0 saturated carbocycles. The van der Waals surface area contributed by atoms with E-state index in [-0.39, 0.29) is 11.7 Å². The second-order valence-electron chi connectivity index (χ2n) is 3.67. The zero-order chi connectivity index (χ0) is 11.5. The number of thiol groups is 1. The third-order valence-corrected chi connectivity index (χ3v) is 2.80. The first-order valence-corrected chi connectivity index (χ1v) is 5.65. The van der Waals surface area contributed by atoms with Crippen LogP contribution < -0.4 is 0 Å². The quantitative estimate of drug-likeness (QED) is 0.828. The highest BCUT2D eigenvalue weighted by Crippen LogP contribution is 2.21. The minimum absolute atomic E-state index is 0.00798. The monoisotopic (exact) mass is 235 g/mol. The van der Waals surface area contributed by atoms with E-state index in [0.29, 0.717) is 6.54 Å². The van der Waals surface area contributed by atoms with E-state index >= 15 is 0 Å². The number of benzene rings is 1. The van der Waals surface area contributed by atoms with Crippen LogP contribution in [0.5, 0.6) is 0 Å². The topological polar surface area (TPSA) is 33.5 Å². The molecule has 0 spiro atoms. The van der Waals surface area contributed by atoms with Gasteiger partial charge in [0.25, 0.3) is 0 Å². The van der Waals surface area contributed by atoms with Gasteiger partial charge in [-0.25, -0.2) is 0 Å². The summed E-state index contributed by atoms with van der Waals surface area (Å²) in [6.45, 7) is 0.552. The number of hydrogen-bond donors (Lipinski definition) is 1. The molecule has 0 aliphatic rings. The Bertz CT molecular complexity index is 506. The van der Waals surface area contributed by atoms with Gasteiger partial charge in [-0.3, -0.25) is 4.79 Å². The van der Waals surface area contributed by atoms with Crippen LogP contribution in [0.15, 0.2) is 34.9 Å². The summed E-state index contributed by atoms with van der Waals surface area (Å²) in [4.78, 5) is 13.0. The van der Waals surface area contributed by atoms with Crippen LogP contribution in [0.3, 0.4) is 0 Å². The van der Waals surface area contributed by atoms with Crippen molar-refractivity contribution in [2.75, 3.05) is 12.8 Å². The molecule has 0 saturated heterocycles. The zero-order valence-electron chi connectivity index (χ0n) is 9.01. The standard InChI is InChI=1S/C12H13NO2S/c1-13(12(14)8-16)6-9-7-15-11-5-3-2-4-10(9)11/h2-5,7,16H,6,8H2,1H3. The number of amides is 1. The molecule has 84 valence electrons. The van der Waals surface area contributed by atoms with E-state index in [1.54, 1.807) is 18.2 Å². The normalized spacial score (nSPS) is 10.6. The molecule has 2 aromatic rings. The van der Waals surface area contributed by atoms with Crippen LogP contribution in [0.4, 0.5) is 0 Å². The minimum atomic E-state index is 0.00798. The lowest BCUT2D eigenvalue weighted by Crippen LogP contribution is -2.26. The second-order valence-corrected chi connectivity index (χ2v) is 3.98. The molecule has 0 fully saturated rings. The third kappa shape index (κ3) is 2.07. The molecule has 1 aromatic carbocycles. The maximum atomic E-state index is 11.4. The summed E-state index contributed by atoms with van der Waals surface area (Å²) in [5.41, 5.74) is 1.87. The molecule has 0 atom stereocenters. The van der Waals surface area contributed by atoms with Crippen molar-refractivity contribution in [1.82, 2.24) is 4.90 Å². The molecule has 0 radical (unpaired) electrons. The van der Waals surface area contributed by atoms with Crippen LogP contribution in [0.2, 0.25) is 0 Å².